The maximum Gasteiger partial charge on any atom is 0.130 e. The zero-order valence-corrected chi connectivity index (χ0v) is 22.4. The zero-order chi connectivity index (χ0) is 22.1. The molecule has 180 valence electrons. The summed E-state index contributed by atoms with van der Waals surface area (Å²) >= 11 is 8.96. The molecule has 0 saturated heterocycles. The Bertz CT molecular complexity index is 346. The van der Waals surface area contributed by atoms with Gasteiger partial charge in [0.2, 0.25) is 0 Å². The third kappa shape index (κ3) is 24.5. The van der Waals surface area contributed by atoms with Crippen molar-refractivity contribution in [3.63, 3.8) is 0 Å². The van der Waals surface area contributed by atoms with Gasteiger partial charge in [0, 0.05) is 6.54 Å². The predicted molar refractivity (Wildman–Crippen MR) is 146 cm³/mol. The van der Waals surface area contributed by atoms with Crippen LogP contribution in [0.2, 0.25) is 0 Å². The summed E-state index contributed by atoms with van der Waals surface area (Å²) in [6.07, 6.45) is 31.5. The minimum absolute atomic E-state index is 0.628. The van der Waals surface area contributed by atoms with E-state index in [0.29, 0.717) is 4.32 Å². The lowest BCUT2D eigenvalue weighted by atomic mass is 9.93. The van der Waals surface area contributed by atoms with E-state index in [1.165, 1.54) is 141 Å². The van der Waals surface area contributed by atoms with Gasteiger partial charge in [-0.25, -0.2) is 0 Å². The molecule has 0 aliphatic heterocycles. The van der Waals surface area contributed by atoms with E-state index < -0.39 is 0 Å². The van der Waals surface area contributed by atoms with Crippen molar-refractivity contribution in [1.29, 1.82) is 0 Å². The highest BCUT2D eigenvalue weighted by molar-refractivity contribution is 8.11. The van der Waals surface area contributed by atoms with E-state index in [4.69, 9.17) is 12.2 Å². The second kappa shape index (κ2) is 25.5. The smallest absolute Gasteiger partial charge is 0.130 e. The maximum absolute atomic E-state index is 4.89. The summed E-state index contributed by atoms with van der Waals surface area (Å²) in [4.78, 5) is 0. The molecule has 0 fully saturated rings. The molecule has 0 aromatic rings. The molecule has 1 nitrogen and oxygen atoms in total. The Balaban J connectivity index is 3.12. The Kier molecular flexibility index (Phi) is 25.7. The molecule has 0 aliphatic rings. The molecule has 30 heavy (non-hydrogen) atoms. The van der Waals surface area contributed by atoms with Gasteiger partial charge in [0.05, 0.1) is 0 Å². The van der Waals surface area contributed by atoms with Crippen molar-refractivity contribution >= 4 is 29.2 Å². The Morgan fingerprint density at radius 1 is 0.600 bits per heavy atom. The predicted octanol–water partition coefficient (Wildman–Crippen LogP) is 10.0. The maximum atomic E-state index is 4.89. The molecule has 0 bridgehead atoms. The van der Waals surface area contributed by atoms with Gasteiger partial charge >= 0.3 is 0 Å². The SMILES string of the molecule is CCCCC(CC)CCCCCCCCCCCCCCCCCCCNC(=S)S. The van der Waals surface area contributed by atoms with Gasteiger partial charge in [0.25, 0.3) is 0 Å². The second-order valence-corrected chi connectivity index (χ2v) is 10.6. The van der Waals surface area contributed by atoms with Crippen LogP contribution in [0.4, 0.5) is 0 Å². The van der Waals surface area contributed by atoms with Gasteiger partial charge in [-0.05, 0) is 12.3 Å². The molecule has 0 saturated carbocycles. The number of thiocarbonyl (C=S) groups is 1. The minimum Gasteiger partial charge on any atom is -0.371 e. The molecule has 3 heteroatoms. The molecule has 0 spiro atoms. The van der Waals surface area contributed by atoms with E-state index in [9.17, 15) is 0 Å². The van der Waals surface area contributed by atoms with Crippen molar-refractivity contribution in [3.8, 4) is 0 Å². The first-order chi connectivity index (χ1) is 14.7. The fourth-order valence-electron chi connectivity index (χ4n) is 4.45. The molecule has 1 N–H and O–H groups in total. The van der Waals surface area contributed by atoms with E-state index in [0.717, 1.165) is 12.5 Å². The summed E-state index contributed by atoms with van der Waals surface area (Å²) in [6, 6.07) is 0. The van der Waals surface area contributed by atoms with Gasteiger partial charge in [-0.2, -0.15) is 0 Å². The van der Waals surface area contributed by atoms with Crippen molar-refractivity contribution in [3.05, 3.63) is 0 Å². The Labute approximate surface area is 201 Å². The molecule has 0 rings (SSSR count). The molecular formula is C27H55NS2. The number of rotatable bonds is 24. The average Bonchev–Trinajstić information content (AvgIpc) is 2.74. The molecule has 0 heterocycles. The van der Waals surface area contributed by atoms with Crippen molar-refractivity contribution in [2.45, 2.75) is 155 Å². The monoisotopic (exact) mass is 457 g/mol. The van der Waals surface area contributed by atoms with Gasteiger partial charge in [0.1, 0.15) is 4.32 Å². The summed E-state index contributed by atoms with van der Waals surface area (Å²) in [5.41, 5.74) is 0. The van der Waals surface area contributed by atoms with Gasteiger partial charge < -0.3 is 5.32 Å². The Hall–Kier alpha value is 0.240. The minimum atomic E-state index is 0.628. The number of unbranched alkanes of at least 4 members (excludes halogenated alkanes) is 17. The van der Waals surface area contributed by atoms with Crippen LogP contribution in [0.1, 0.15) is 155 Å². The van der Waals surface area contributed by atoms with Crippen LogP contribution in [0.15, 0.2) is 0 Å². The van der Waals surface area contributed by atoms with Gasteiger partial charge in [-0.1, -0.05) is 161 Å². The van der Waals surface area contributed by atoms with E-state index >= 15 is 0 Å². The lowest BCUT2D eigenvalue weighted by molar-refractivity contribution is 0.399. The topological polar surface area (TPSA) is 12.0 Å². The number of nitrogens with one attached hydrogen (secondary N) is 1. The number of thiol groups is 1. The summed E-state index contributed by atoms with van der Waals surface area (Å²) in [6.45, 7) is 5.68. The summed E-state index contributed by atoms with van der Waals surface area (Å²) in [5.74, 6) is 1.01. The van der Waals surface area contributed by atoms with Crippen LogP contribution in [0.5, 0.6) is 0 Å². The van der Waals surface area contributed by atoms with Crippen LogP contribution in [-0.2, 0) is 0 Å². The van der Waals surface area contributed by atoms with Gasteiger partial charge in [-0.3, -0.25) is 0 Å². The van der Waals surface area contributed by atoms with Crippen LogP contribution < -0.4 is 5.32 Å². The third-order valence-corrected chi connectivity index (χ3v) is 6.91. The molecule has 0 aromatic heterocycles. The number of hydrogen-bond acceptors (Lipinski definition) is 1. The standard InChI is InChI=1S/C27H55NS2/c1-3-5-23-26(4-2)24-21-19-17-15-13-11-9-7-6-8-10-12-14-16-18-20-22-25-28-27(29)30/h26H,3-25H2,1-2H3,(H2,28,29,30). The highest BCUT2D eigenvalue weighted by Gasteiger charge is 2.05. The van der Waals surface area contributed by atoms with Crippen molar-refractivity contribution in [2.24, 2.45) is 5.92 Å². The normalized spacial score (nSPS) is 12.2. The van der Waals surface area contributed by atoms with Crippen molar-refractivity contribution in [1.82, 2.24) is 5.32 Å². The van der Waals surface area contributed by atoms with E-state index in [-0.39, 0.29) is 0 Å². The second-order valence-electron chi connectivity index (χ2n) is 9.45. The van der Waals surface area contributed by atoms with Crippen LogP contribution >= 0.6 is 24.8 Å². The van der Waals surface area contributed by atoms with Crippen molar-refractivity contribution < 1.29 is 0 Å². The Morgan fingerprint density at radius 3 is 1.33 bits per heavy atom. The Morgan fingerprint density at radius 2 is 0.967 bits per heavy atom. The molecule has 1 atom stereocenters. The van der Waals surface area contributed by atoms with E-state index in [1.54, 1.807) is 0 Å². The van der Waals surface area contributed by atoms with E-state index in [2.05, 4.69) is 31.8 Å². The third-order valence-electron chi connectivity index (χ3n) is 6.61. The quantitative estimate of drug-likeness (QED) is 0.0849. The summed E-state index contributed by atoms with van der Waals surface area (Å²) in [7, 11) is 0. The van der Waals surface area contributed by atoms with Gasteiger partial charge in [-0.15, -0.1) is 12.6 Å². The average molecular weight is 458 g/mol. The first-order valence-corrected chi connectivity index (χ1v) is 14.5. The molecule has 1 unspecified atom stereocenters. The first kappa shape index (κ1) is 30.2. The van der Waals surface area contributed by atoms with Crippen LogP contribution in [0.3, 0.4) is 0 Å². The van der Waals surface area contributed by atoms with E-state index in [1.807, 2.05) is 0 Å². The molecular weight excluding hydrogens is 402 g/mol. The fraction of sp³-hybridized carbons (Fsp3) is 0.963. The molecule has 0 amide bonds. The highest BCUT2D eigenvalue weighted by atomic mass is 32.1. The van der Waals surface area contributed by atoms with Gasteiger partial charge in [0.15, 0.2) is 0 Å². The molecule has 0 radical (unpaired) electrons. The summed E-state index contributed by atoms with van der Waals surface area (Å²) in [5, 5.41) is 3.11. The summed E-state index contributed by atoms with van der Waals surface area (Å²) < 4.78 is 0.628. The highest BCUT2D eigenvalue weighted by Crippen LogP contribution is 2.20. The van der Waals surface area contributed by atoms with Crippen LogP contribution in [0, 0.1) is 5.92 Å². The van der Waals surface area contributed by atoms with Crippen molar-refractivity contribution in [2.75, 3.05) is 6.54 Å². The zero-order valence-electron chi connectivity index (χ0n) is 20.7. The molecule has 0 aliphatic carbocycles. The van der Waals surface area contributed by atoms with Crippen LogP contribution in [0.25, 0.3) is 0 Å². The molecule has 0 aromatic carbocycles. The lowest BCUT2D eigenvalue weighted by Crippen LogP contribution is -2.17. The largest absolute Gasteiger partial charge is 0.371 e. The first-order valence-electron chi connectivity index (χ1n) is 13.7. The fourth-order valence-corrected chi connectivity index (χ4v) is 4.66. The van der Waals surface area contributed by atoms with Crippen LogP contribution in [-0.4, -0.2) is 10.9 Å². The lowest BCUT2D eigenvalue weighted by Gasteiger charge is -2.13. The number of hydrogen-bond donors (Lipinski definition) is 2.